The number of nitrogens with two attached hydrogens (primary N) is 1. The highest BCUT2D eigenvalue weighted by Crippen LogP contribution is 2.32. The van der Waals surface area contributed by atoms with E-state index < -0.39 is 6.04 Å². The summed E-state index contributed by atoms with van der Waals surface area (Å²) in [6.07, 6.45) is 1.52. The first-order valence-electron chi connectivity index (χ1n) is 13.0. The lowest BCUT2D eigenvalue weighted by molar-refractivity contribution is -0.144. The molecule has 0 aromatic heterocycles. The van der Waals surface area contributed by atoms with Crippen LogP contribution in [-0.2, 0) is 33.4 Å². The van der Waals surface area contributed by atoms with Gasteiger partial charge in [0.2, 0.25) is 23.6 Å². The quantitative estimate of drug-likeness (QED) is 0.443. The number of morpholine rings is 1. The highest BCUT2D eigenvalue weighted by molar-refractivity contribution is 5.88. The van der Waals surface area contributed by atoms with Gasteiger partial charge in [0.25, 0.3) is 0 Å². The molecule has 36 heavy (non-hydrogen) atoms. The van der Waals surface area contributed by atoms with E-state index in [0.29, 0.717) is 85.0 Å². The van der Waals surface area contributed by atoms with Crippen molar-refractivity contribution >= 4 is 23.6 Å². The molecule has 4 rings (SSSR count). The maximum atomic E-state index is 13.5. The molecule has 0 aromatic rings. The number of piperidine rings is 1. The number of fused-ring (bicyclic) bond motifs is 3. The smallest absolute Gasteiger partial charge is 0.248 e. The molecule has 0 aromatic carbocycles. The summed E-state index contributed by atoms with van der Waals surface area (Å²) in [6.45, 7) is 4.58. The number of hydrogen-bond acceptors (Lipinski definition) is 8. The molecule has 3 N–H and O–H groups in total. The Kier molecular flexibility index (Phi) is 9.52. The zero-order chi connectivity index (χ0) is 25.5. The third-order valence-corrected chi connectivity index (χ3v) is 7.58. The van der Waals surface area contributed by atoms with Crippen molar-refractivity contribution in [1.29, 1.82) is 0 Å². The van der Waals surface area contributed by atoms with Crippen LogP contribution in [0.5, 0.6) is 0 Å². The molecule has 0 spiro atoms. The van der Waals surface area contributed by atoms with Crippen molar-refractivity contribution in [1.82, 2.24) is 20.0 Å². The zero-order valence-corrected chi connectivity index (χ0v) is 20.9. The lowest BCUT2D eigenvalue weighted by atomic mass is 9.80. The van der Waals surface area contributed by atoms with Crippen LogP contribution in [0, 0.1) is 11.8 Å². The number of ether oxygens (including phenoxy) is 3. The first kappa shape index (κ1) is 26.8. The average Bonchev–Trinajstić information content (AvgIpc) is 3.28. The number of hydrogen-bond donors (Lipinski definition) is 2. The molecule has 4 saturated heterocycles. The zero-order valence-electron chi connectivity index (χ0n) is 20.9. The van der Waals surface area contributed by atoms with Crippen molar-refractivity contribution in [3.8, 4) is 0 Å². The molecule has 4 fully saturated rings. The highest BCUT2D eigenvalue weighted by atomic mass is 16.5. The fourth-order valence-electron chi connectivity index (χ4n) is 5.54. The molecule has 0 radical (unpaired) electrons. The van der Waals surface area contributed by atoms with Crippen LogP contribution < -0.4 is 11.1 Å². The molecule has 12 heteroatoms. The predicted molar refractivity (Wildman–Crippen MR) is 128 cm³/mol. The van der Waals surface area contributed by atoms with E-state index in [0.717, 1.165) is 0 Å². The Labute approximate surface area is 211 Å². The normalized spacial score (nSPS) is 31.6. The monoisotopic (exact) mass is 509 g/mol. The highest BCUT2D eigenvalue weighted by Gasteiger charge is 2.41. The van der Waals surface area contributed by atoms with Crippen molar-refractivity contribution in [3.05, 3.63) is 0 Å². The topological polar surface area (TPSA) is 144 Å². The minimum Gasteiger partial charge on any atom is -0.378 e. The summed E-state index contributed by atoms with van der Waals surface area (Å²) < 4.78 is 16.3. The number of nitrogens with zero attached hydrogens (tertiary/aromatic N) is 3. The van der Waals surface area contributed by atoms with Crippen LogP contribution in [0.2, 0.25) is 0 Å². The van der Waals surface area contributed by atoms with Crippen LogP contribution in [0.4, 0.5) is 0 Å². The van der Waals surface area contributed by atoms with Gasteiger partial charge in [0.1, 0.15) is 12.6 Å². The fraction of sp³-hybridized carbons (Fsp3) is 0.833. The van der Waals surface area contributed by atoms with E-state index >= 15 is 0 Å². The molecule has 4 aliphatic rings. The number of nitrogens with one attached hydrogen (secondary N) is 1. The van der Waals surface area contributed by atoms with Gasteiger partial charge in [0, 0.05) is 58.2 Å². The van der Waals surface area contributed by atoms with Gasteiger partial charge in [-0.15, -0.1) is 0 Å². The Bertz CT molecular complexity index is 806. The largest absolute Gasteiger partial charge is 0.378 e. The molecule has 4 aliphatic heterocycles. The number of carbonyl (C=O) groups is 4. The Morgan fingerprint density at radius 2 is 1.69 bits per heavy atom. The van der Waals surface area contributed by atoms with E-state index in [1.54, 1.807) is 9.80 Å². The van der Waals surface area contributed by atoms with Crippen molar-refractivity contribution in [2.45, 2.75) is 37.8 Å². The summed E-state index contributed by atoms with van der Waals surface area (Å²) in [5.41, 5.74) is 6.14. The summed E-state index contributed by atoms with van der Waals surface area (Å²) in [5, 5.41) is 2.83. The first-order chi connectivity index (χ1) is 17.4. The number of rotatable bonds is 2. The van der Waals surface area contributed by atoms with E-state index in [4.69, 9.17) is 19.9 Å². The number of carbonyl (C=O) groups excluding carboxylic acids is 4. The van der Waals surface area contributed by atoms with Crippen LogP contribution in [0.15, 0.2) is 0 Å². The Morgan fingerprint density at radius 3 is 2.50 bits per heavy atom. The SMILES string of the molecule is N[C@H]1C[C@H]2C(=O)NCCOCCOCC(=O)N3CC[C@@H](CC(=O)N4CCOCC4)[C@@H](CC(=O)N2C1)C3. The molecule has 4 heterocycles. The van der Waals surface area contributed by atoms with Gasteiger partial charge >= 0.3 is 0 Å². The van der Waals surface area contributed by atoms with Crippen molar-refractivity contribution in [3.63, 3.8) is 0 Å². The third-order valence-electron chi connectivity index (χ3n) is 7.58. The molecule has 202 valence electrons. The summed E-state index contributed by atoms with van der Waals surface area (Å²) in [6, 6.07) is -0.895. The molecular weight excluding hydrogens is 470 g/mol. The maximum absolute atomic E-state index is 13.5. The van der Waals surface area contributed by atoms with Gasteiger partial charge in [-0.05, 0) is 24.7 Å². The standard InChI is InChI=1S/C24H39N5O7/c25-19-13-20-24(33)26-2-6-34-9-10-36-16-23(32)28-3-1-17(11-21(30)27-4-7-35-8-5-27)18(14-28)12-22(31)29(20)15-19/h17-20H,1-16,25H2,(H,26,33)/t17-,18-,19-,20-/m0/s1. The second-order valence-corrected chi connectivity index (χ2v) is 10.1. The van der Waals surface area contributed by atoms with Gasteiger partial charge in [-0.3, -0.25) is 19.2 Å². The van der Waals surface area contributed by atoms with E-state index in [2.05, 4.69) is 5.32 Å². The molecule has 4 amide bonds. The Balaban J connectivity index is 1.49. The van der Waals surface area contributed by atoms with Crippen LogP contribution in [0.3, 0.4) is 0 Å². The van der Waals surface area contributed by atoms with Crippen LogP contribution in [-0.4, -0.2) is 129 Å². The van der Waals surface area contributed by atoms with Crippen molar-refractivity contribution < 1.29 is 33.4 Å². The first-order valence-corrected chi connectivity index (χ1v) is 13.0. The fourth-order valence-corrected chi connectivity index (χ4v) is 5.54. The maximum Gasteiger partial charge on any atom is 0.248 e. The lowest BCUT2D eigenvalue weighted by Gasteiger charge is -2.40. The molecule has 4 atom stereocenters. The lowest BCUT2D eigenvalue weighted by Crippen LogP contribution is -2.50. The van der Waals surface area contributed by atoms with Crippen molar-refractivity contribution in [2.75, 3.05) is 78.9 Å². The minimum atomic E-state index is -0.624. The van der Waals surface area contributed by atoms with Crippen LogP contribution in [0.25, 0.3) is 0 Å². The second kappa shape index (κ2) is 12.8. The summed E-state index contributed by atoms with van der Waals surface area (Å²) in [7, 11) is 0. The average molecular weight is 510 g/mol. The van der Waals surface area contributed by atoms with Crippen LogP contribution in [0.1, 0.15) is 25.7 Å². The summed E-state index contributed by atoms with van der Waals surface area (Å²) in [4.78, 5) is 57.2. The number of amides is 4. The predicted octanol–water partition coefficient (Wildman–Crippen LogP) is -1.82. The molecular formula is C24H39N5O7. The molecule has 0 aliphatic carbocycles. The molecule has 0 unspecified atom stereocenters. The second-order valence-electron chi connectivity index (χ2n) is 10.1. The van der Waals surface area contributed by atoms with Gasteiger partial charge in [-0.2, -0.15) is 0 Å². The minimum absolute atomic E-state index is 0.0340. The van der Waals surface area contributed by atoms with Gasteiger partial charge < -0.3 is 40.0 Å². The van der Waals surface area contributed by atoms with E-state index in [9.17, 15) is 19.2 Å². The van der Waals surface area contributed by atoms with Crippen molar-refractivity contribution in [2.24, 2.45) is 17.6 Å². The van der Waals surface area contributed by atoms with E-state index in [-0.39, 0.29) is 61.1 Å². The molecule has 0 saturated carbocycles. The van der Waals surface area contributed by atoms with Crippen LogP contribution >= 0.6 is 0 Å². The van der Waals surface area contributed by atoms with E-state index in [1.165, 1.54) is 0 Å². The van der Waals surface area contributed by atoms with E-state index in [1.807, 2.05) is 4.90 Å². The van der Waals surface area contributed by atoms with Gasteiger partial charge in [-0.1, -0.05) is 0 Å². The Morgan fingerprint density at radius 1 is 0.944 bits per heavy atom. The third kappa shape index (κ3) is 6.93. The molecule has 12 nitrogen and oxygen atoms in total. The Hall–Kier alpha value is -2.28. The van der Waals surface area contributed by atoms with Gasteiger partial charge in [-0.25, -0.2) is 0 Å². The van der Waals surface area contributed by atoms with Gasteiger partial charge in [0.15, 0.2) is 0 Å². The van der Waals surface area contributed by atoms with Gasteiger partial charge in [0.05, 0.1) is 33.0 Å². The molecule has 2 bridgehead atoms. The summed E-state index contributed by atoms with van der Waals surface area (Å²) in [5.74, 6) is -0.702. The summed E-state index contributed by atoms with van der Waals surface area (Å²) >= 11 is 0.